The SMILES string of the molecule is c1ccc(Cc2nc(CSc3nnnn3C3CCCCC3)cs2)cc1. The molecule has 2 aromatic heterocycles. The van der Waals surface area contributed by atoms with Crippen LogP contribution in [0.4, 0.5) is 0 Å². The average molecular weight is 372 g/mol. The molecule has 2 heterocycles. The minimum atomic E-state index is 0.468. The molecule has 1 fully saturated rings. The van der Waals surface area contributed by atoms with Gasteiger partial charge in [0.05, 0.1) is 16.7 Å². The minimum Gasteiger partial charge on any atom is -0.245 e. The first-order chi connectivity index (χ1) is 12.4. The summed E-state index contributed by atoms with van der Waals surface area (Å²) in [4.78, 5) is 4.77. The lowest BCUT2D eigenvalue weighted by Gasteiger charge is -2.21. The highest BCUT2D eigenvalue weighted by atomic mass is 32.2. The van der Waals surface area contributed by atoms with Gasteiger partial charge in [-0.05, 0) is 28.8 Å². The van der Waals surface area contributed by atoms with Crippen molar-refractivity contribution in [2.24, 2.45) is 0 Å². The van der Waals surface area contributed by atoms with E-state index in [4.69, 9.17) is 4.98 Å². The van der Waals surface area contributed by atoms with Crippen molar-refractivity contribution in [2.75, 3.05) is 0 Å². The first kappa shape index (κ1) is 16.7. The van der Waals surface area contributed by atoms with Crippen LogP contribution >= 0.6 is 23.1 Å². The molecular weight excluding hydrogens is 350 g/mol. The van der Waals surface area contributed by atoms with Crippen LogP contribution < -0.4 is 0 Å². The fourth-order valence-electron chi connectivity index (χ4n) is 3.24. The number of benzene rings is 1. The summed E-state index contributed by atoms with van der Waals surface area (Å²) in [6.45, 7) is 0. The Kier molecular flexibility index (Phi) is 5.42. The molecule has 1 aromatic carbocycles. The summed E-state index contributed by atoms with van der Waals surface area (Å²) in [6.07, 6.45) is 7.18. The molecule has 3 aromatic rings. The Hall–Kier alpha value is -1.73. The molecule has 0 radical (unpaired) electrons. The third-order valence-corrected chi connectivity index (χ3v) is 6.39. The van der Waals surface area contributed by atoms with Crippen molar-refractivity contribution in [2.45, 2.75) is 55.5 Å². The number of nitrogens with zero attached hydrogens (tertiary/aromatic N) is 5. The Morgan fingerprint density at radius 2 is 1.96 bits per heavy atom. The number of tetrazole rings is 1. The van der Waals surface area contributed by atoms with Gasteiger partial charge in [0.2, 0.25) is 5.16 Å². The molecule has 0 N–H and O–H groups in total. The highest BCUT2D eigenvalue weighted by Crippen LogP contribution is 2.31. The highest BCUT2D eigenvalue weighted by molar-refractivity contribution is 7.98. The first-order valence-corrected chi connectivity index (χ1v) is 10.6. The van der Waals surface area contributed by atoms with Crippen molar-refractivity contribution in [3.05, 3.63) is 52.0 Å². The van der Waals surface area contributed by atoms with Crippen LogP contribution in [-0.4, -0.2) is 25.2 Å². The van der Waals surface area contributed by atoms with Crippen LogP contribution in [0.25, 0.3) is 0 Å². The highest BCUT2D eigenvalue weighted by Gasteiger charge is 2.20. The Labute approximate surface area is 155 Å². The normalized spacial score (nSPS) is 15.5. The summed E-state index contributed by atoms with van der Waals surface area (Å²) >= 11 is 3.42. The molecule has 7 heteroatoms. The van der Waals surface area contributed by atoms with Crippen LogP contribution in [0, 0.1) is 0 Å². The van der Waals surface area contributed by atoms with Crippen LogP contribution in [0.1, 0.15) is 54.4 Å². The summed E-state index contributed by atoms with van der Waals surface area (Å²) in [5.41, 5.74) is 2.41. The Morgan fingerprint density at radius 3 is 2.80 bits per heavy atom. The molecule has 5 nitrogen and oxygen atoms in total. The van der Waals surface area contributed by atoms with Gasteiger partial charge < -0.3 is 0 Å². The van der Waals surface area contributed by atoms with Gasteiger partial charge in [-0.25, -0.2) is 9.67 Å². The number of thioether (sulfide) groups is 1. The molecule has 0 aliphatic heterocycles. The van der Waals surface area contributed by atoms with Gasteiger partial charge in [0.1, 0.15) is 0 Å². The molecule has 4 rings (SSSR count). The smallest absolute Gasteiger partial charge is 0.209 e. The second-order valence-electron chi connectivity index (χ2n) is 6.38. The minimum absolute atomic E-state index is 0.468. The van der Waals surface area contributed by atoms with E-state index in [1.807, 2.05) is 10.7 Å². The zero-order valence-electron chi connectivity index (χ0n) is 14.0. The van der Waals surface area contributed by atoms with Gasteiger partial charge in [-0.15, -0.1) is 16.4 Å². The van der Waals surface area contributed by atoms with Crippen molar-refractivity contribution in [3.63, 3.8) is 0 Å². The maximum atomic E-state index is 4.77. The zero-order valence-corrected chi connectivity index (χ0v) is 15.7. The fourth-order valence-corrected chi connectivity index (χ4v) is 5.01. The summed E-state index contributed by atoms with van der Waals surface area (Å²) < 4.78 is 2.03. The van der Waals surface area contributed by atoms with Gasteiger partial charge in [-0.1, -0.05) is 61.4 Å². The third kappa shape index (κ3) is 4.27. The van der Waals surface area contributed by atoms with E-state index in [1.165, 1.54) is 37.7 Å². The van der Waals surface area contributed by atoms with E-state index in [2.05, 4.69) is 45.2 Å². The van der Waals surface area contributed by atoms with E-state index in [0.29, 0.717) is 6.04 Å². The van der Waals surface area contributed by atoms with Gasteiger partial charge in [0.15, 0.2) is 0 Å². The molecule has 0 spiro atoms. The predicted molar refractivity (Wildman–Crippen MR) is 101 cm³/mol. The number of hydrogen-bond acceptors (Lipinski definition) is 6. The van der Waals surface area contributed by atoms with Crippen molar-refractivity contribution in [3.8, 4) is 0 Å². The summed E-state index contributed by atoms with van der Waals surface area (Å²) in [6, 6.07) is 11.0. The number of aromatic nitrogens is 5. The molecule has 1 aliphatic carbocycles. The predicted octanol–water partition coefficient (Wildman–Crippen LogP) is 4.52. The van der Waals surface area contributed by atoms with Crippen LogP contribution in [0.2, 0.25) is 0 Å². The van der Waals surface area contributed by atoms with Gasteiger partial charge in [0.25, 0.3) is 0 Å². The number of rotatable bonds is 6. The maximum absolute atomic E-state index is 4.77. The zero-order chi connectivity index (χ0) is 16.9. The second kappa shape index (κ2) is 8.10. The van der Waals surface area contributed by atoms with Crippen molar-refractivity contribution in [1.82, 2.24) is 25.2 Å². The Bertz CT molecular complexity index is 793. The van der Waals surface area contributed by atoms with Crippen LogP contribution in [0.15, 0.2) is 40.9 Å². The molecule has 0 unspecified atom stereocenters. The summed E-state index contributed by atoms with van der Waals surface area (Å²) in [7, 11) is 0. The average Bonchev–Trinajstić information content (AvgIpc) is 3.31. The standard InChI is InChI=1S/C18H21N5S2/c1-3-7-14(8-4-1)11-17-19-15(12-24-17)13-25-18-20-21-22-23(18)16-9-5-2-6-10-16/h1,3-4,7-8,12,16H,2,5-6,9-11,13H2. The monoisotopic (exact) mass is 371 g/mol. The Morgan fingerprint density at radius 1 is 1.12 bits per heavy atom. The quantitative estimate of drug-likeness (QED) is 0.596. The summed E-state index contributed by atoms with van der Waals surface area (Å²) in [5, 5.41) is 16.6. The number of hydrogen-bond donors (Lipinski definition) is 0. The molecule has 25 heavy (non-hydrogen) atoms. The van der Waals surface area contributed by atoms with Gasteiger partial charge in [-0.3, -0.25) is 0 Å². The van der Waals surface area contributed by atoms with E-state index in [-0.39, 0.29) is 0 Å². The van der Waals surface area contributed by atoms with Crippen molar-refractivity contribution < 1.29 is 0 Å². The van der Waals surface area contributed by atoms with Crippen LogP contribution in [0.5, 0.6) is 0 Å². The molecule has 130 valence electrons. The Balaban J connectivity index is 1.37. The van der Waals surface area contributed by atoms with E-state index >= 15 is 0 Å². The maximum Gasteiger partial charge on any atom is 0.209 e. The molecule has 0 bridgehead atoms. The first-order valence-electron chi connectivity index (χ1n) is 8.76. The van der Waals surface area contributed by atoms with E-state index in [1.54, 1.807) is 23.1 Å². The van der Waals surface area contributed by atoms with E-state index in [0.717, 1.165) is 28.0 Å². The summed E-state index contributed by atoms with van der Waals surface area (Å²) in [5.74, 6) is 0.818. The molecule has 0 saturated heterocycles. The van der Waals surface area contributed by atoms with Crippen LogP contribution in [-0.2, 0) is 12.2 Å². The molecular formula is C18H21N5S2. The fraction of sp³-hybridized carbons (Fsp3) is 0.444. The van der Waals surface area contributed by atoms with Gasteiger partial charge >= 0.3 is 0 Å². The molecule has 1 aliphatic rings. The van der Waals surface area contributed by atoms with E-state index in [9.17, 15) is 0 Å². The molecule has 0 amide bonds. The topological polar surface area (TPSA) is 56.5 Å². The third-order valence-electron chi connectivity index (χ3n) is 4.53. The van der Waals surface area contributed by atoms with Gasteiger partial charge in [-0.2, -0.15) is 0 Å². The second-order valence-corrected chi connectivity index (χ2v) is 8.27. The largest absolute Gasteiger partial charge is 0.245 e. The molecule has 0 atom stereocenters. The van der Waals surface area contributed by atoms with Crippen molar-refractivity contribution in [1.29, 1.82) is 0 Å². The lowest BCUT2D eigenvalue weighted by atomic mass is 9.96. The molecule has 1 saturated carbocycles. The van der Waals surface area contributed by atoms with Crippen molar-refractivity contribution >= 4 is 23.1 Å². The lowest BCUT2D eigenvalue weighted by molar-refractivity contribution is 0.307. The van der Waals surface area contributed by atoms with Gasteiger partial charge in [0, 0.05) is 17.6 Å². The lowest BCUT2D eigenvalue weighted by Crippen LogP contribution is -2.15. The van der Waals surface area contributed by atoms with Crippen LogP contribution in [0.3, 0.4) is 0 Å². The van der Waals surface area contributed by atoms with E-state index < -0.39 is 0 Å². The number of thiazole rings is 1.